The molecule has 0 heterocycles. The van der Waals surface area contributed by atoms with Gasteiger partial charge in [-0.25, -0.2) is 0 Å². The van der Waals surface area contributed by atoms with Crippen molar-refractivity contribution >= 4 is 11.4 Å². The maximum absolute atomic E-state index is 10.6. The van der Waals surface area contributed by atoms with Crippen LogP contribution in [0.15, 0.2) is 18.2 Å². The predicted molar refractivity (Wildman–Crippen MR) is 52.3 cm³/mol. The van der Waals surface area contributed by atoms with Crippen molar-refractivity contribution in [2.24, 2.45) is 0 Å². The monoisotopic (exact) mass is 228 g/mol. The summed E-state index contributed by atoms with van der Waals surface area (Å²) >= 11 is 0. The fraction of sp³-hybridized carbons (Fsp3) is 0.250. The Morgan fingerprint density at radius 2 is 1.94 bits per heavy atom. The molecular weight excluding hydrogens is 220 g/mol. The Morgan fingerprint density at radius 1 is 1.25 bits per heavy atom. The van der Waals surface area contributed by atoms with Gasteiger partial charge in [0.15, 0.2) is 12.5 Å². The van der Waals surface area contributed by atoms with Gasteiger partial charge in [-0.05, 0) is 6.07 Å². The van der Waals surface area contributed by atoms with Crippen molar-refractivity contribution in [1.29, 1.82) is 0 Å². The number of nitrogens with zero attached hydrogens (tertiary/aromatic N) is 2. The zero-order valence-electron chi connectivity index (χ0n) is 8.28. The molecule has 0 aliphatic rings. The highest BCUT2D eigenvalue weighted by molar-refractivity contribution is 5.53. The lowest BCUT2D eigenvalue weighted by Crippen LogP contribution is -2.02. The van der Waals surface area contributed by atoms with Crippen LogP contribution in [0.4, 0.5) is 11.4 Å². The first kappa shape index (κ1) is 11.9. The molecule has 0 aliphatic carbocycles. The van der Waals surface area contributed by atoms with E-state index >= 15 is 0 Å². The number of methoxy groups -OCH3 is 1. The van der Waals surface area contributed by atoms with Gasteiger partial charge < -0.3 is 9.47 Å². The highest BCUT2D eigenvalue weighted by Crippen LogP contribution is 2.30. The normalized spacial score (nSPS) is 9.81. The van der Waals surface area contributed by atoms with Crippen LogP contribution in [0.25, 0.3) is 0 Å². The highest BCUT2D eigenvalue weighted by atomic mass is 16.7. The van der Waals surface area contributed by atoms with Crippen LogP contribution in [0.5, 0.6) is 5.75 Å². The van der Waals surface area contributed by atoms with Crippen molar-refractivity contribution < 1.29 is 19.3 Å². The maximum atomic E-state index is 10.6. The van der Waals surface area contributed by atoms with E-state index in [0.29, 0.717) is 0 Å². The summed E-state index contributed by atoms with van der Waals surface area (Å²) in [7, 11) is 1.36. The van der Waals surface area contributed by atoms with Gasteiger partial charge in [0.25, 0.3) is 5.69 Å². The lowest BCUT2D eigenvalue weighted by atomic mass is 10.2. The smallest absolute Gasteiger partial charge is 0.317 e. The molecule has 0 spiro atoms. The van der Waals surface area contributed by atoms with E-state index < -0.39 is 15.5 Å². The molecule has 8 nitrogen and oxygen atoms in total. The number of benzene rings is 1. The van der Waals surface area contributed by atoms with E-state index in [4.69, 9.17) is 4.74 Å². The van der Waals surface area contributed by atoms with Crippen LogP contribution >= 0.6 is 0 Å². The van der Waals surface area contributed by atoms with Gasteiger partial charge >= 0.3 is 5.69 Å². The molecule has 0 saturated carbocycles. The van der Waals surface area contributed by atoms with Gasteiger partial charge in [0.1, 0.15) is 0 Å². The van der Waals surface area contributed by atoms with E-state index in [-0.39, 0.29) is 18.2 Å². The average molecular weight is 228 g/mol. The van der Waals surface area contributed by atoms with E-state index in [9.17, 15) is 20.2 Å². The zero-order valence-corrected chi connectivity index (χ0v) is 8.28. The van der Waals surface area contributed by atoms with Gasteiger partial charge in [-0.1, -0.05) is 0 Å². The van der Waals surface area contributed by atoms with Crippen LogP contribution in [-0.2, 0) is 4.74 Å². The third-order valence-electron chi connectivity index (χ3n) is 1.68. The predicted octanol–water partition coefficient (Wildman–Crippen LogP) is 1.49. The molecule has 1 aromatic rings. The molecule has 0 fully saturated rings. The third-order valence-corrected chi connectivity index (χ3v) is 1.68. The molecule has 0 aliphatic heterocycles. The Kier molecular flexibility index (Phi) is 3.72. The van der Waals surface area contributed by atoms with Gasteiger partial charge in [0.05, 0.1) is 15.9 Å². The Balaban J connectivity index is 3.09. The second kappa shape index (κ2) is 5.03. The summed E-state index contributed by atoms with van der Waals surface area (Å²) in [6, 6.07) is 3.12. The summed E-state index contributed by atoms with van der Waals surface area (Å²) in [6.07, 6.45) is 0. The van der Waals surface area contributed by atoms with Crippen LogP contribution in [0, 0.1) is 20.2 Å². The molecule has 0 amide bonds. The second-order valence-corrected chi connectivity index (χ2v) is 2.72. The molecular formula is C8H8N2O6. The molecule has 0 bridgehead atoms. The van der Waals surface area contributed by atoms with Crippen molar-refractivity contribution in [2.75, 3.05) is 13.9 Å². The van der Waals surface area contributed by atoms with Crippen LogP contribution in [0.2, 0.25) is 0 Å². The summed E-state index contributed by atoms with van der Waals surface area (Å²) in [6.45, 7) is -0.168. The van der Waals surface area contributed by atoms with Gasteiger partial charge in [-0.3, -0.25) is 20.2 Å². The summed E-state index contributed by atoms with van der Waals surface area (Å²) in [5.41, 5.74) is -0.831. The number of hydrogen-bond acceptors (Lipinski definition) is 6. The standard InChI is InChI=1S/C8H8N2O6/c1-15-5-16-8-3-2-6(9(11)12)4-7(8)10(13)14/h2-4H,5H2,1H3. The average Bonchev–Trinajstić information content (AvgIpc) is 2.25. The number of non-ortho nitro benzene ring substituents is 1. The molecule has 0 atom stereocenters. The fourth-order valence-electron chi connectivity index (χ4n) is 1.01. The molecule has 0 N–H and O–H groups in total. The maximum Gasteiger partial charge on any atom is 0.317 e. The lowest BCUT2D eigenvalue weighted by molar-refractivity contribution is -0.394. The molecule has 86 valence electrons. The van der Waals surface area contributed by atoms with Crippen molar-refractivity contribution in [2.45, 2.75) is 0 Å². The SMILES string of the molecule is COCOc1ccc([N+](=O)[O-])cc1[N+](=O)[O-]. The Morgan fingerprint density at radius 3 is 2.44 bits per heavy atom. The minimum absolute atomic E-state index is 0.0718. The molecule has 0 unspecified atom stereocenters. The Labute approximate surface area is 89.7 Å². The zero-order chi connectivity index (χ0) is 12.1. The van der Waals surface area contributed by atoms with E-state index in [2.05, 4.69) is 4.74 Å². The molecule has 0 aromatic heterocycles. The minimum atomic E-state index is -0.752. The van der Waals surface area contributed by atoms with E-state index in [1.54, 1.807) is 0 Å². The van der Waals surface area contributed by atoms with Crippen LogP contribution in [0.1, 0.15) is 0 Å². The first-order valence-electron chi connectivity index (χ1n) is 4.11. The third kappa shape index (κ3) is 2.64. The van der Waals surface area contributed by atoms with Crippen molar-refractivity contribution in [1.82, 2.24) is 0 Å². The van der Waals surface area contributed by atoms with Crippen LogP contribution in [-0.4, -0.2) is 23.7 Å². The largest absolute Gasteiger partial charge is 0.460 e. The van der Waals surface area contributed by atoms with E-state index in [0.717, 1.165) is 18.2 Å². The summed E-state index contributed by atoms with van der Waals surface area (Å²) in [5.74, 6) is -0.0718. The summed E-state index contributed by atoms with van der Waals surface area (Å²) in [4.78, 5) is 19.6. The van der Waals surface area contributed by atoms with Gasteiger partial charge in [0.2, 0.25) is 0 Å². The van der Waals surface area contributed by atoms with E-state index in [1.807, 2.05) is 0 Å². The topological polar surface area (TPSA) is 105 Å². The second-order valence-electron chi connectivity index (χ2n) is 2.72. The molecule has 8 heteroatoms. The van der Waals surface area contributed by atoms with Gasteiger partial charge in [-0.2, -0.15) is 0 Å². The van der Waals surface area contributed by atoms with Crippen LogP contribution < -0.4 is 4.74 Å². The first-order chi connectivity index (χ1) is 7.56. The lowest BCUT2D eigenvalue weighted by Gasteiger charge is -2.04. The molecule has 1 rings (SSSR count). The van der Waals surface area contributed by atoms with Gasteiger partial charge in [-0.15, -0.1) is 0 Å². The number of nitro benzene ring substituents is 2. The van der Waals surface area contributed by atoms with Crippen molar-refractivity contribution in [3.05, 3.63) is 38.4 Å². The molecule has 0 radical (unpaired) electrons. The first-order valence-corrected chi connectivity index (χ1v) is 4.11. The summed E-state index contributed by atoms with van der Waals surface area (Å²) in [5, 5.41) is 21.0. The summed E-state index contributed by atoms with van der Waals surface area (Å²) < 4.78 is 9.48. The number of nitro groups is 2. The van der Waals surface area contributed by atoms with Crippen LogP contribution in [0.3, 0.4) is 0 Å². The fourth-order valence-corrected chi connectivity index (χ4v) is 1.01. The van der Waals surface area contributed by atoms with E-state index in [1.165, 1.54) is 7.11 Å². The Bertz CT molecular complexity index is 419. The molecule has 16 heavy (non-hydrogen) atoms. The molecule has 1 aromatic carbocycles. The number of rotatable bonds is 5. The number of hydrogen-bond donors (Lipinski definition) is 0. The Hall–Kier alpha value is -2.22. The number of ether oxygens (including phenoxy) is 2. The highest BCUT2D eigenvalue weighted by Gasteiger charge is 2.20. The minimum Gasteiger partial charge on any atom is -0.460 e. The van der Waals surface area contributed by atoms with Crippen molar-refractivity contribution in [3.63, 3.8) is 0 Å². The quantitative estimate of drug-likeness (QED) is 0.429. The molecule has 0 saturated heterocycles. The van der Waals surface area contributed by atoms with Crippen molar-refractivity contribution in [3.8, 4) is 5.75 Å². The van der Waals surface area contributed by atoms with Gasteiger partial charge in [0, 0.05) is 13.2 Å².